The number of halogens is 1. The molecule has 1 aliphatic carbocycles. The predicted octanol–water partition coefficient (Wildman–Crippen LogP) is 1.48. The van der Waals surface area contributed by atoms with E-state index in [2.05, 4.69) is 49.4 Å². The zero-order valence-electron chi connectivity index (χ0n) is 16.0. The van der Waals surface area contributed by atoms with Gasteiger partial charge in [0.2, 0.25) is 0 Å². The van der Waals surface area contributed by atoms with Crippen molar-refractivity contribution in [2.75, 3.05) is 0 Å². The predicted molar refractivity (Wildman–Crippen MR) is 104 cm³/mol. The van der Waals surface area contributed by atoms with E-state index in [1.807, 2.05) is 0 Å². The molecule has 0 spiro atoms. The Bertz CT molecular complexity index is 709. The molecule has 0 radical (unpaired) electrons. The summed E-state index contributed by atoms with van der Waals surface area (Å²) in [5, 5.41) is 19.2. The molecule has 1 aromatic carbocycles. The Morgan fingerprint density at radius 3 is 2.93 bits per heavy atom. The maximum atomic E-state index is 10.6. The van der Waals surface area contributed by atoms with E-state index in [-0.39, 0.29) is 33.7 Å². The van der Waals surface area contributed by atoms with Crippen molar-refractivity contribution in [2.45, 2.75) is 61.9 Å². The van der Waals surface area contributed by atoms with Crippen LogP contribution >= 0.6 is 0 Å². The van der Waals surface area contributed by atoms with Gasteiger partial charge in [0.1, 0.15) is 0 Å². The van der Waals surface area contributed by atoms with Gasteiger partial charge in [-0.2, -0.15) is 0 Å². The Balaban J connectivity index is 1.46. The van der Waals surface area contributed by atoms with E-state index in [1.54, 1.807) is 3.58 Å². The molecule has 0 bridgehead atoms. The first kappa shape index (κ1) is 20.6. The molecule has 1 aliphatic heterocycles. The molecule has 4 atom stereocenters. The summed E-state index contributed by atoms with van der Waals surface area (Å²) in [4.78, 5) is 10.6. The first-order valence-electron chi connectivity index (χ1n) is 9.99. The molecule has 0 saturated heterocycles. The third kappa shape index (κ3) is 5.92. The van der Waals surface area contributed by atoms with E-state index in [0.29, 0.717) is 15.8 Å². The molecule has 1 saturated carbocycles. The summed E-state index contributed by atoms with van der Waals surface area (Å²) in [6.07, 6.45) is 12.9. The summed E-state index contributed by atoms with van der Waals surface area (Å²) in [5.74, 6) is 0.169. The monoisotopic (exact) mass is 481 g/mol. The minimum atomic E-state index is -0.694. The Morgan fingerprint density at radius 1 is 1.30 bits per heavy atom. The van der Waals surface area contributed by atoms with Crippen molar-refractivity contribution < 1.29 is 36.2 Å². The number of aliphatic hydroxyl groups is 1. The van der Waals surface area contributed by atoms with Crippen LogP contribution in [0.25, 0.3) is 0 Å². The van der Waals surface area contributed by atoms with Gasteiger partial charge in [-0.3, -0.25) is 0 Å². The van der Waals surface area contributed by atoms with Crippen LogP contribution in [0, 0.1) is 18.8 Å². The normalized spacial score (nSPS) is 27.4. The van der Waals surface area contributed by atoms with Crippen LogP contribution < -0.4 is 21.2 Å². The number of aliphatic hydroxyl groups excluding tert-OH is 1. The molecule has 4 heteroatoms. The number of benzene rings is 1. The van der Waals surface area contributed by atoms with Gasteiger partial charge in [0.15, 0.2) is 0 Å². The average Bonchev–Trinajstić information content (AvgIpc) is 3.13. The van der Waals surface area contributed by atoms with Crippen molar-refractivity contribution in [2.24, 2.45) is 11.8 Å². The number of unbranched alkanes of at least 4 members (excludes halogenated alkanes) is 1. The fourth-order valence-corrected chi connectivity index (χ4v) is 8.50. The van der Waals surface area contributed by atoms with Crippen molar-refractivity contribution in [1.29, 1.82) is 0 Å². The van der Waals surface area contributed by atoms with Crippen molar-refractivity contribution >= 4 is 5.97 Å². The van der Waals surface area contributed by atoms with E-state index < -0.39 is 5.97 Å². The SMILES string of the molecule is Cc1cccc(CC/C=C/[C@@H]2C3[I-]C(CCCCC(=O)O)=CC3C[C@@H]2O)c1. The van der Waals surface area contributed by atoms with Gasteiger partial charge in [0.05, 0.1) is 0 Å². The Labute approximate surface area is 172 Å². The Kier molecular flexibility index (Phi) is 7.53. The molecule has 0 aromatic heterocycles. The zero-order valence-corrected chi connectivity index (χ0v) is 18.1. The summed E-state index contributed by atoms with van der Waals surface area (Å²) in [5.41, 5.74) is 2.69. The number of fused-ring (bicyclic) bond motifs is 1. The molecule has 3 nitrogen and oxygen atoms in total. The van der Waals surface area contributed by atoms with Gasteiger partial charge in [-0.1, -0.05) is 0 Å². The van der Waals surface area contributed by atoms with Crippen LogP contribution in [0.5, 0.6) is 0 Å². The Hall–Kier alpha value is -1.14. The van der Waals surface area contributed by atoms with Gasteiger partial charge in [-0.15, -0.1) is 0 Å². The summed E-state index contributed by atoms with van der Waals surface area (Å²) in [7, 11) is 0. The Morgan fingerprint density at radius 2 is 2.15 bits per heavy atom. The number of carboxylic acid groups (broad SMARTS) is 1. The topological polar surface area (TPSA) is 57.5 Å². The van der Waals surface area contributed by atoms with E-state index in [9.17, 15) is 9.90 Å². The van der Waals surface area contributed by atoms with Crippen molar-refractivity contribution in [3.05, 3.63) is 57.2 Å². The van der Waals surface area contributed by atoms with Crippen LogP contribution in [-0.4, -0.2) is 26.2 Å². The molecule has 1 heterocycles. The average molecular weight is 481 g/mol. The second-order valence-electron chi connectivity index (χ2n) is 7.77. The molecule has 2 unspecified atom stereocenters. The quantitative estimate of drug-likeness (QED) is 0.243. The van der Waals surface area contributed by atoms with E-state index >= 15 is 0 Å². The molecule has 1 fully saturated rings. The van der Waals surface area contributed by atoms with Gasteiger partial charge in [-0.05, 0) is 0 Å². The van der Waals surface area contributed by atoms with Crippen LogP contribution in [-0.2, 0) is 11.2 Å². The molecule has 2 aliphatic rings. The fourth-order valence-electron chi connectivity index (χ4n) is 4.12. The molecule has 148 valence electrons. The first-order chi connectivity index (χ1) is 13.0. The van der Waals surface area contributed by atoms with Crippen LogP contribution in [0.1, 0.15) is 49.7 Å². The number of aryl methyl sites for hydroxylation is 2. The van der Waals surface area contributed by atoms with Gasteiger partial charge in [0.25, 0.3) is 0 Å². The number of allylic oxidation sites excluding steroid dienone is 3. The summed E-state index contributed by atoms with van der Waals surface area (Å²) in [6, 6.07) is 8.68. The second kappa shape index (κ2) is 9.87. The first-order valence-corrected chi connectivity index (χ1v) is 12.3. The van der Waals surface area contributed by atoms with Crippen LogP contribution in [0.3, 0.4) is 0 Å². The number of carboxylic acids is 1. The van der Waals surface area contributed by atoms with Gasteiger partial charge >= 0.3 is 173 Å². The number of hydrogen-bond donors (Lipinski definition) is 2. The van der Waals surface area contributed by atoms with E-state index in [4.69, 9.17) is 5.11 Å². The molecule has 1 aromatic rings. The zero-order chi connectivity index (χ0) is 19.2. The molecular weight excluding hydrogens is 451 g/mol. The number of aliphatic carboxylic acids is 1. The van der Waals surface area contributed by atoms with E-state index in [1.165, 1.54) is 11.1 Å². The third-order valence-electron chi connectivity index (χ3n) is 5.49. The standard InChI is InChI=1S/C23H30IO3/c1-16-7-6-9-17(13-16)8-2-4-11-20-21(25)15-18-14-19(24-23(18)20)10-3-5-12-22(26)27/h4,6-7,9,11,13-14,18,20-21,23,25H,2-3,5,8,10,12,15H2,1H3,(H,26,27)/q-1/b11-4+/t18?,20-,21-,23?/m0/s1. The number of alkyl halides is 1. The van der Waals surface area contributed by atoms with Crippen molar-refractivity contribution in [3.8, 4) is 0 Å². The van der Waals surface area contributed by atoms with E-state index in [0.717, 1.165) is 38.5 Å². The fraction of sp³-hybridized carbons (Fsp3) is 0.522. The number of rotatable bonds is 9. The third-order valence-corrected chi connectivity index (χ3v) is 9.66. The van der Waals surface area contributed by atoms with Crippen molar-refractivity contribution in [1.82, 2.24) is 0 Å². The molecule has 3 rings (SSSR count). The molecular formula is C23H30IO3-. The number of hydrogen-bond acceptors (Lipinski definition) is 2. The van der Waals surface area contributed by atoms with Crippen LogP contribution in [0.4, 0.5) is 0 Å². The van der Waals surface area contributed by atoms with Crippen molar-refractivity contribution in [3.63, 3.8) is 0 Å². The molecule has 0 amide bonds. The maximum absolute atomic E-state index is 10.6. The summed E-state index contributed by atoms with van der Waals surface area (Å²) < 4.78 is 2.22. The van der Waals surface area contributed by atoms with Gasteiger partial charge < -0.3 is 0 Å². The number of carbonyl (C=O) groups is 1. The summed E-state index contributed by atoms with van der Waals surface area (Å²) >= 11 is -0.0372. The molecule has 2 N–H and O–H groups in total. The van der Waals surface area contributed by atoms with Gasteiger partial charge in [-0.25, -0.2) is 0 Å². The molecule has 27 heavy (non-hydrogen) atoms. The van der Waals surface area contributed by atoms with Crippen LogP contribution in [0.15, 0.2) is 46.1 Å². The summed E-state index contributed by atoms with van der Waals surface area (Å²) in [6.45, 7) is 2.13. The minimum absolute atomic E-state index is 0.0372. The van der Waals surface area contributed by atoms with Crippen LogP contribution in [0.2, 0.25) is 0 Å². The van der Waals surface area contributed by atoms with Gasteiger partial charge in [0, 0.05) is 0 Å². The second-order valence-corrected chi connectivity index (χ2v) is 11.2.